The average Bonchev–Trinajstić information content (AvgIpc) is 2.95. The lowest BCUT2D eigenvalue weighted by molar-refractivity contribution is 0.104. The number of aromatic nitrogens is 2. The quantitative estimate of drug-likeness (QED) is 0.723. The fraction of sp³-hybridized carbons (Fsp3) is 0.0769. The van der Waals surface area contributed by atoms with Crippen LogP contribution >= 0.6 is 22.9 Å². The predicted molar refractivity (Wildman–Crippen MR) is 73.6 cm³/mol. The van der Waals surface area contributed by atoms with E-state index in [1.165, 1.54) is 11.3 Å². The van der Waals surface area contributed by atoms with E-state index < -0.39 is 0 Å². The summed E-state index contributed by atoms with van der Waals surface area (Å²) in [6.45, 7) is 1.93. The number of nitrogens with zero attached hydrogens (tertiary/aromatic N) is 1. The van der Waals surface area contributed by atoms with E-state index in [1.807, 2.05) is 17.7 Å². The Kier molecular flexibility index (Phi) is 2.69. The molecule has 3 heterocycles. The Balaban J connectivity index is 2.22. The first-order chi connectivity index (χ1) is 8.68. The number of rotatable bonds is 2. The minimum Gasteiger partial charge on any atom is -0.345 e. The Morgan fingerprint density at radius 3 is 2.94 bits per heavy atom. The fourth-order valence-corrected chi connectivity index (χ4v) is 3.01. The van der Waals surface area contributed by atoms with Crippen LogP contribution in [0.15, 0.2) is 29.2 Å². The number of aryl methyl sites for hydroxylation is 1. The number of carbonyl (C=O) groups is 1. The van der Waals surface area contributed by atoms with Crippen LogP contribution in [0.1, 0.15) is 21.5 Å². The Hall–Kier alpha value is -1.65. The monoisotopic (exact) mass is 276 g/mol. The summed E-state index contributed by atoms with van der Waals surface area (Å²) in [5.41, 5.74) is 2.92. The van der Waals surface area contributed by atoms with Gasteiger partial charge in [-0.3, -0.25) is 4.79 Å². The van der Waals surface area contributed by atoms with E-state index in [0.717, 1.165) is 11.1 Å². The molecule has 0 aliphatic carbocycles. The maximum atomic E-state index is 12.5. The number of halogens is 1. The number of ketones is 1. The van der Waals surface area contributed by atoms with Crippen molar-refractivity contribution in [2.75, 3.05) is 0 Å². The van der Waals surface area contributed by atoms with Gasteiger partial charge in [0.1, 0.15) is 5.65 Å². The number of pyridine rings is 1. The van der Waals surface area contributed by atoms with Crippen LogP contribution in [0.5, 0.6) is 0 Å². The second kappa shape index (κ2) is 4.23. The lowest BCUT2D eigenvalue weighted by Crippen LogP contribution is -2.00. The van der Waals surface area contributed by atoms with Gasteiger partial charge in [-0.25, -0.2) is 4.98 Å². The van der Waals surface area contributed by atoms with Crippen LogP contribution in [0.4, 0.5) is 0 Å². The van der Waals surface area contributed by atoms with Crippen molar-refractivity contribution in [3.05, 3.63) is 50.9 Å². The molecule has 90 valence electrons. The zero-order valence-electron chi connectivity index (χ0n) is 9.53. The van der Waals surface area contributed by atoms with Crippen molar-refractivity contribution in [2.45, 2.75) is 6.92 Å². The molecule has 0 bridgehead atoms. The molecule has 3 aromatic heterocycles. The summed E-state index contributed by atoms with van der Waals surface area (Å²) < 4.78 is 0. The summed E-state index contributed by atoms with van der Waals surface area (Å²) >= 11 is 7.66. The van der Waals surface area contributed by atoms with Gasteiger partial charge in [0, 0.05) is 28.7 Å². The second-order valence-corrected chi connectivity index (χ2v) is 5.17. The maximum Gasteiger partial charge on any atom is 0.196 e. The van der Waals surface area contributed by atoms with Crippen LogP contribution in [0.3, 0.4) is 0 Å². The van der Waals surface area contributed by atoms with E-state index in [4.69, 9.17) is 11.6 Å². The van der Waals surface area contributed by atoms with Gasteiger partial charge in [0.2, 0.25) is 0 Å². The van der Waals surface area contributed by atoms with Crippen LogP contribution < -0.4 is 0 Å². The van der Waals surface area contributed by atoms with Gasteiger partial charge in [0.05, 0.1) is 10.6 Å². The number of aromatic amines is 1. The molecule has 0 atom stereocenters. The smallest absolute Gasteiger partial charge is 0.196 e. The second-order valence-electron chi connectivity index (χ2n) is 4.02. The Labute approximate surface area is 112 Å². The molecule has 0 aliphatic heterocycles. The zero-order valence-corrected chi connectivity index (χ0v) is 11.1. The number of nitrogens with one attached hydrogen (secondary N) is 1. The van der Waals surface area contributed by atoms with Crippen molar-refractivity contribution in [3.8, 4) is 0 Å². The highest BCUT2D eigenvalue weighted by atomic mass is 35.5. The van der Waals surface area contributed by atoms with Gasteiger partial charge in [0.25, 0.3) is 0 Å². The molecule has 0 radical (unpaired) electrons. The molecule has 0 unspecified atom stereocenters. The number of H-pyrrole nitrogens is 1. The molecule has 0 saturated carbocycles. The maximum absolute atomic E-state index is 12.5. The first-order valence-electron chi connectivity index (χ1n) is 5.37. The minimum absolute atomic E-state index is 0.0186. The number of carbonyl (C=O) groups excluding carboxylic acids is 1. The predicted octanol–water partition coefficient (Wildman–Crippen LogP) is 3.82. The van der Waals surface area contributed by atoms with E-state index >= 15 is 0 Å². The first kappa shape index (κ1) is 11.4. The number of hydrogen-bond acceptors (Lipinski definition) is 3. The summed E-state index contributed by atoms with van der Waals surface area (Å²) in [6, 6.07) is 1.69. The lowest BCUT2D eigenvalue weighted by atomic mass is 10.0. The van der Waals surface area contributed by atoms with Crippen molar-refractivity contribution in [3.63, 3.8) is 0 Å². The highest BCUT2D eigenvalue weighted by Gasteiger charge is 2.18. The van der Waals surface area contributed by atoms with E-state index in [-0.39, 0.29) is 5.78 Å². The molecular weight excluding hydrogens is 268 g/mol. The summed E-state index contributed by atoms with van der Waals surface area (Å²) in [7, 11) is 0. The zero-order chi connectivity index (χ0) is 12.7. The summed E-state index contributed by atoms with van der Waals surface area (Å²) in [5.74, 6) is -0.0186. The molecule has 0 spiro atoms. The highest BCUT2D eigenvalue weighted by Crippen LogP contribution is 2.28. The Morgan fingerprint density at radius 2 is 2.22 bits per heavy atom. The van der Waals surface area contributed by atoms with Gasteiger partial charge in [-0.2, -0.15) is 11.3 Å². The standard InChI is InChI=1S/C13H9ClN2OS/c1-7-5-18-6-9(7)12(17)8-4-16-13-11(8)10(14)2-3-15-13/h2-6H,1H3,(H,15,16). The number of fused-ring (bicyclic) bond motifs is 1. The molecule has 0 amide bonds. The summed E-state index contributed by atoms with van der Waals surface area (Å²) in [5, 5.41) is 5.05. The normalized spacial score (nSPS) is 11.0. The molecule has 0 saturated heterocycles. The van der Waals surface area contributed by atoms with Crippen LogP contribution in [-0.4, -0.2) is 15.8 Å². The molecule has 5 heteroatoms. The van der Waals surface area contributed by atoms with Crippen molar-refractivity contribution in [2.24, 2.45) is 0 Å². The molecular formula is C13H9ClN2OS. The minimum atomic E-state index is -0.0186. The SMILES string of the molecule is Cc1cscc1C(=O)c1c[nH]c2nccc(Cl)c12. The van der Waals surface area contributed by atoms with E-state index in [9.17, 15) is 4.79 Å². The van der Waals surface area contributed by atoms with Crippen molar-refractivity contribution < 1.29 is 4.79 Å². The average molecular weight is 277 g/mol. The highest BCUT2D eigenvalue weighted by molar-refractivity contribution is 7.08. The molecule has 0 aliphatic rings. The van der Waals surface area contributed by atoms with Gasteiger partial charge in [-0.1, -0.05) is 11.6 Å². The topological polar surface area (TPSA) is 45.8 Å². The summed E-state index contributed by atoms with van der Waals surface area (Å²) in [6.07, 6.45) is 3.29. The van der Waals surface area contributed by atoms with Gasteiger partial charge in [-0.05, 0) is 23.9 Å². The van der Waals surface area contributed by atoms with E-state index in [2.05, 4.69) is 9.97 Å². The fourth-order valence-electron chi connectivity index (χ4n) is 1.93. The van der Waals surface area contributed by atoms with Crippen LogP contribution in [0.2, 0.25) is 5.02 Å². The molecule has 1 N–H and O–H groups in total. The van der Waals surface area contributed by atoms with Crippen molar-refractivity contribution >= 4 is 39.8 Å². The van der Waals surface area contributed by atoms with E-state index in [1.54, 1.807) is 18.5 Å². The van der Waals surface area contributed by atoms with Crippen LogP contribution in [-0.2, 0) is 0 Å². The van der Waals surface area contributed by atoms with E-state index in [0.29, 0.717) is 21.6 Å². The molecule has 0 aromatic carbocycles. The van der Waals surface area contributed by atoms with Gasteiger partial charge >= 0.3 is 0 Å². The van der Waals surface area contributed by atoms with Gasteiger partial charge in [-0.15, -0.1) is 0 Å². The van der Waals surface area contributed by atoms with Crippen LogP contribution in [0, 0.1) is 6.92 Å². The number of thiophene rings is 1. The van der Waals surface area contributed by atoms with Crippen molar-refractivity contribution in [1.29, 1.82) is 0 Å². The lowest BCUT2D eigenvalue weighted by Gasteiger charge is -1.99. The van der Waals surface area contributed by atoms with Crippen LogP contribution in [0.25, 0.3) is 11.0 Å². The Bertz CT molecular complexity index is 744. The molecule has 0 fully saturated rings. The van der Waals surface area contributed by atoms with Crippen molar-refractivity contribution in [1.82, 2.24) is 9.97 Å². The largest absolute Gasteiger partial charge is 0.345 e. The third-order valence-corrected chi connectivity index (χ3v) is 4.04. The number of hydrogen-bond donors (Lipinski definition) is 1. The summed E-state index contributed by atoms with van der Waals surface area (Å²) in [4.78, 5) is 19.6. The molecule has 18 heavy (non-hydrogen) atoms. The molecule has 3 aromatic rings. The van der Waals surface area contributed by atoms with Gasteiger partial charge in [0.15, 0.2) is 5.78 Å². The molecule has 3 nitrogen and oxygen atoms in total. The third kappa shape index (κ3) is 1.65. The molecule has 3 rings (SSSR count). The Morgan fingerprint density at radius 1 is 1.39 bits per heavy atom. The first-order valence-corrected chi connectivity index (χ1v) is 6.69. The third-order valence-electron chi connectivity index (χ3n) is 2.87. The van der Waals surface area contributed by atoms with Gasteiger partial charge < -0.3 is 4.98 Å².